The number of hydrogen-bond acceptors (Lipinski definition) is 5. The Kier molecular flexibility index (Phi) is 10.6. The topological polar surface area (TPSA) is 67.4 Å². The van der Waals surface area contributed by atoms with Crippen LogP contribution in [0.2, 0.25) is 0 Å². The molecule has 1 heterocycles. The van der Waals surface area contributed by atoms with Gasteiger partial charge in [-0.15, -0.1) is 24.0 Å². The van der Waals surface area contributed by atoms with Crippen LogP contribution in [-0.2, 0) is 4.74 Å². The number of nitrogens with one attached hydrogen (secondary N) is 2. The lowest BCUT2D eigenvalue weighted by molar-refractivity contribution is 0.162. The molecule has 1 aromatic carbocycles. The van der Waals surface area contributed by atoms with E-state index in [1.807, 2.05) is 18.2 Å². The lowest BCUT2D eigenvalue weighted by Crippen LogP contribution is -2.37. The quantitative estimate of drug-likeness (QED) is 0.366. The minimum atomic E-state index is 0. The Morgan fingerprint density at radius 2 is 2.00 bits per heavy atom. The number of anilines is 1. The summed E-state index contributed by atoms with van der Waals surface area (Å²) in [5, 5.41) is 6.58. The summed E-state index contributed by atoms with van der Waals surface area (Å²) in [7, 11) is 5.54. The predicted molar refractivity (Wildman–Crippen MR) is 112 cm³/mol. The van der Waals surface area contributed by atoms with Crippen molar-refractivity contribution in [2.75, 3.05) is 66.0 Å². The molecule has 0 radical (unpaired) electrons. The van der Waals surface area contributed by atoms with Gasteiger partial charge in [-0.05, 0) is 19.2 Å². The second-order valence-electron chi connectivity index (χ2n) is 5.63. The van der Waals surface area contributed by atoms with Crippen molar-refractivity contribution >= 4 is 35.6 Å². The maximum atomic E-state index is 5.71. The molecule has 0 aliphatic carbocycles. The number of aliphatic imine (C=N–C) groups is 1. The molecule has 142 valence electrons. The lowest BCUT2D eigenvalue weighted by atomic mass is 10.3. The minimum Gasteiger partial charge on any atom is -0.490 e. The van der Waals surface area contributed by atoms with E-state index in [-0.39, 0.29) is 24.0 Å². The molecule has 1 aliphatic rings. The van der Waals surface area contributed by atoms with Crippen LogP contribution in [0.5, 0.6) is 11.5 Å². The Labute approximate surface area is 167 Å². The van der Waals surface area contributed by atoms with Crippen LogP contribution >= 0.6 is 24.0 Å². The number of halogens is 1. The fourth-order valence-corrected chi connectivity index (χ4v) is 2.28. The molecular formula is C17H29IN4O3. The van der Waals surface area contributed by atoms with E-state index >= 15 is 0 Å². The van der Waals surface area contributed by atoms with Crippen molar-refractivity contribution in [2.45, 2.75) is 6.42 Å². The van der Waals surface area contributed by atoms with Gasteiger partial charge < -0.3 is 29.7 Å². The van der Waals surface area contributed by atoms with Gasteiger partial charge in [0.1, 0.15) is 0 Å². The molecule has 8 heteroatoms. The van der Waals surface area contributed by atoms with Gasteiger partial charge in [-0.1, -0.05) is 0 Å². The van der Waals surface area contributed by atoms with Gasteiger partial charge in [0, 0.05) is 52.0 Å². The average molecular weight is 464 g/mol. The van der Waals surface area contributed by atoms with Crippen LogP contribution in [-0.4, -0.2) is 71.5 Å². The van der Waals surface area contributed by atoms with Crippen LogP contribution in [0.3, 0.4) is 0 Å². The van der Waals surface area contributed by atoms with Crippen LogP contribution in [0, 0.1) is 0 Å². The zero-order valence-electron chi connectivity index (χ0n) is 15.2. The van der Waals surface area contributed by atoms with Crippen LogP contribution in [0.1, 0.15) is 6.42 Å². The van der Waals surface area contributed by atoms with E-state index in [2.05, 4.69) is 27.6 Å². The highest BCUT2D eigenvalue weighted by molar-refractivity contribution is 14.0. The first-order valence-electron chi connectivity index (χ1n) is 8.27. The first kappa shape index (κ1) is 21.8. The van der Waals surface area contributed by atoms with Gasteiger partial charge in [-0.3, -0.25) is 4.99 Å². The number of nitrogens with zero attached hydrogens (tertiary/aromatic N) is 2. The molecule has 0 fully saturated rings. The molecule has 0 amide bonds. The third-order valence-electron chi connectivity index (χ3n) is 3.70. The number of ether oxygens (including phenoxy) is 3. The molecule has 25 heavy (non-hydrogen) atoms. The van der Waals surface area contributed by atoms with Crippen molar-refractivity contribution in [3.63, 3.8) is 0 Å². The molecule has 0 spiro atoms. The second-order valence-corrected chi connectivity index (χ2v) is 5.63. The number of benzene rings is 1. The van der Waals surface area contributed by atoms with Crippen LogP contribution in [0.25, 0.3) is 0 Å². The van der Waals surface area contributed by atoms with Gasteiger partial charge in [0.15, 0.2) is 17.5 Å². The van der Waals surface area contributed by atoms with Crippen molar-refractivity contribution in [2.24, 2.45) is 4.99 Å². The maximum absolute atomic E-state index is 5.71. The van der Waals surface area contributed by atoms with Crippen molar-refractivity contribution in [1.29, 1.82) is 0 Å². The monoisotopic (exact) mass is 464 g/mol. The summed E-state index contributed by atoms with van der Waals surface area (Å²) in [6.45, 7) is 4.72. The maximum Gasteiger partial charge on any atom is 0.195 e. The van der Waals surface area contributed by atoms with E-state index < -0.39 is 0 Å². The standard InChI is InChI=1S/C17H28N4O3.HI/c1-18-17(19-7-8-21(2)9-12-22-3)20-14-5-6-15-16(13-14)24-11-4-10-23-15;/h5-6,13H,4,7-12H2,1-3H3,(H2,18,19,20);1H. The SMILES string of the molecule is CN=C(NCCN(C)CCOC)Nc1ccc2c(c1)OCCCO2.I. The summed E-state index contributed by atoms with van der Waals surface area (Å²) >= 11 is 0. The highest BCUT2D eigenvalue weighted by atomic mass is 127. The molecule has 0 unspecified atom stereocenters. The smallest absolute Gasteiger partial charge is 0.195 e. The molecule has 0 saturated carbocycles. The van der Waals surface area contributed by atoms with E-state index in [1.165, 1.54) is 0 Å². The molecule has 1 aromatic rings. The highest BCUT2D eigenvalue weighted by Crippen LogP contribution is 2.32. The van der Waals surface area contributed by atoms with Crippen molar-refractivity contribution in [1.82, 2.24) is 10.2 Å². The molecule has 2 rings (SSSR count). The number of methoxy groups -OCH3 is 1. The summed E-state index contributed by atoms with van der Waals surface area (Å²) in [6, 6.07) is 5.83. The van der Waals surface area contributed by atoms with Crippen LogP contribution < -0.4 is 20.1 Å². The van der Waals surface area contributed by atoms with Crippen LogP contribution in [0.4, 0.5) is 5.69 Å². The Hall–Kier alpha value is -1.26. The van der Waals surface area contributed by atoms with Gasteiger partial charge >= 0.3 is 0 Å². The van der Waals surface area contributed by atoms with Gasteiger partial charge in [0.2, 0.25) is 0 Å². The van der Waals surface area contributed by atoms with E-state index in [9.17, 15) is 0 Å². The van der Waals surface area contributed by atoms with Crippen LogP contribution in [0.15, 0.2) is 23.2 Å². The summed E-state index contributed by atoms with van der Waals surface area (Å²) in [5.41, 5.74) is 0.917. The third kappa shape index (κ3) is 7.66. The Bertz CT molecular complexity index is 543. The Morgan fingerprint density at radius 1 is 1.24 bits per heavy atom. The number of hydrogen-bond donors (Lipinski definition) is 2. The minimum absolute atomic E-state index is 0. The third-order valence-corrected chi connectivity index (χ3v) is 3.70. The molecule has 0 aromatic heterocycles. The van der Waals surface area contributed by atoms with Gasteiger partial charge in [-0.2, -0.15) is 0 Å². The average Bonchev–Trinajstić information content (AvgIpc) is 2.83. The zero-order valence-corrected chi connectivity index (χ0v) is 17.5. The molecular weight excluding hydrogens is 435 g/mol. The van der Waals surface area contributed by atoms with E-state index in [0.717, 1.165) is 55.8 Å². The fraction of sp³-hybridized carbons (Fsp3) is 0.588. The van der Waals surface area contributed by atoms with Crippen molar-refractivity contribution in [3.05, 3.63) is 18.2 Å². The molecule has 7 nitrogen and oxygen atoms in total. The lowest BCUT2D eigenvalue weighted by Gasteiger charge is -2.18. The van der Waals surface area contributed by atoms with Gasteiger partial charge in [0.25, 0.3) is 0 Å². The van der Waals surface area contributed by atoms with Gasteiger partial charge in [-0.25, -0.2) is 0 Å². The molecule has 1 aliphatic heterocycles. The molecule has 0 bridgehead atoms. The Balaban J connectivity index is 0.00000312. The van der Waals surface area contributed by atoms with E-state index in [0.29, 0.717) is 13.2 Å². The Morgan fingerprint density at radius 3 is 2.72 bits per heavy atom. The van der Waals surface area contributed by atoms with E-state index in [4.69, 9.17) is 14.2 Å². The first-order valence-corrected chi connectivity index (χ1v) is 8.27. The first-order chi connectivity index (χ1) is 11.7. The summed E-state index contributed by atoms with van der Waals surface area (Å²) in [4.78, 5) is 6.46. The molecule has 2 N–H and O–H groups in total. The largest absolute Gasteiger partial charge is 0.490 e. The fourth-order valence-electron chi connectivity index (χ4n) is 2.28. The summed E-state index contributed by atoms with van der Waals surface area (Å²) in [6.07, 6.45) is 0.900. The van der Waals surface area contributed by atoms with Crippen molar-refractivity contribution in [3.8, 4) is 11.5 Å². The molecule has 0 atom stereocenters. The number of guanidine groups is 1. The molecule has 0 saturated heterocycles. The number of fused-ring (bicyclic) bond motifs is 1. The van der Waals surface area contributed by atoms with E-state index in [1.54, 1.807) is 14.2 Å². The van der Waals surface area contributed by atoms with Gasteiger partial charge in [0.05, 0.1) is 19.8 Å². The summed E-state index contributed by atoms with van der Waals surface area (Å²) < 4.78 is 16.4. The van der Waals surface area contributed by atoms with Crippen molar-refractivity contribution < 1.29 is 14.2 Å². The number of rotatable bonds is 7. The second kappa shape index (κ2) is 12.2. The predicted octanol–water partition coefficient (Wildman–Crippen LogP) is 2.03. The zero-order chi connectivity index (χ0) is 17.2. The highest BCUT2D eigenvalue weighted by Gasteiger charge is 2.11. The normalized spacial score (nSPS) is 13.8. The summed E-state index contributed by atoms with van der Waals surface area (Å²) in [5.74, 6) is 2.29. The number of likely N-dealkylation sites (N-methyl/N-ethyl adjacent to an activating group) is 1.